The first kappa shape index (κ1) is 13.3. The molecule has 0 amide bonds. The first-order valence-corrected chi connectivity index (χ1v) is 7.05. The molecule has 112 valence electrons. The van der Waals surface area contributed by atoms with E-state index < -0.39 is 0 Å². The summed E-state index contributed by atoms with van der Waals surface area (Å²) >= 11 is 0. The highest BCUT2D eigenvalue weighted by atomic mass is 16.4. The Kier molecular flexibility index (Phi) is 2.98. The van der Waals surface area contributed by atoms with E-state index in [4.69, 9.17) is 4.42 Å². The van der Waals surface area contributed by atoms with Crippen molar-refractivity contribution in [3.63, 3.8) is 0 Å². The van der Waals surface area contributed by atoms with Crippen molar-refractivity contribution in [1.82, 2.24) is 10.2 Å². The average Bonchev–Trinajstić information content (AvgIpc) is 3.05. The highest BCUT2D eigenvalue weighted by molar-refractivity contribution is 5.87. The molecule has 1 aromatic heterocycles. The third-order valence-electron chi connectivity index (χ3n) is 3.61. The maximum Gasteiger partial charge on any atom is 0.248 e. The molecule has 0 saturated carbocycles. The molecule has 5 nitrogen and oxygen atoms in total. The molecule has 5 heteroatoms. The maximum atomic E-state index is 9.51. The second-order valence-electron chi connectivity index (χ2n) is 5.21. The molecule has 0 bridgehead atoms. The normalized spacial score (nSPS) is 11.0. The van der Waals surface area contributed by atoms with E-state index in [9.17, 15) is 10.2 Å². The van der Waals surface area contributed by atoms with E-state index in [-0.39, 0.29) is 11.5 Å². The van der Waals surface area contributed by atoms with Gasteiger partial charge in [0, 0.05) is 11.1 Å². The monoisotopic (exact) mass is 304 g/mol. The largest absolute Gasteiger partial charge is 0.508 e. The van der Waals surface area contributed by atoms with Gasteiger partial charge >= 0.3 is 0 Å². The molecule has 1 heterocycles. The van der Waals surface area contributed by atoms with Gasteiger partial charge in [0.1, 0.15) is 11.5 Å². The Morgan fingerprint density at radius 3 is 1.96 bits per heavy atom. The lowest BCUT2D eigenvalue weighted by atomic mass is 10.1. The summed E-state index contributed by atoms with van der Waals surface area (Å²) in [6, 6.07) is 17.5. The van der Waals surface area contributed by atoms with Crippen molar-refractivity contribution in [2.45, 2.75) is 0 Å². The van der Waals surface area contributed by atoms with Gasteiger partial charge in [-0.15, -0.1) is 10.2 Å². The smallest absolute Gasteiger partial charge is 0.248 e. The molecular formula is C18H12N2O3. The van der Waals surface area contributed by atoms with E-state index in [2.05, 4.69) is 10.2 Å². The van der Waals surface area contributed by atoms with Crippen LogP contribution in [0.4, 0.5) is 0 Å². The lowest BCUT2D eigenvalue weighted by Gasteiger charge is -2.01. The summed E-state index contributed by atoms with van der Waals surface area (Å²) < 4.78 is 5.72. The molecule has 0 aliphatic rings. The van der Waals surface area contributed by atoms with E-state index in [1.54, 1.807) is 36.4 Å². The van der Waals surface area contributed by atoms with Crippen molar-refractivity contribution < 1.29 is 14.6 Å². The zero-order chi connectivity index (χ0) is 15.8. The van der Waals surface area contributed by atoms with Gasteiger partial charge in [-0.3, -0.25) is 0 Å². The van der Waals surface area contributed by atoms with Gasteiger partial charge in [0.05, 0.1) is 0 Å². The van der Waals surface area contributed by atoms with Crippen molar-refractivity contribution >= 4 is 10.8 Å². The number of aromatic hydroxyl groups is 2. The standard InChI is InChI=1S/C18H12N2O3/c21-15-6-3-11(4-7-15)17-19-20-18(23-17)14-2-1-13-10-16(22)8-5-12(13)9-14/h1-10,21-22H. The molecule has 4 aromatic rings. The van der Waals surface area contributed by atoms with Gasteiger partial charge in [-0.1, -0.05) is 12.1 Å². The van der Waals surface area contributed by atoms with Crippen LogP contribution in [-0.2, 0) is 0 Å². The molecule has 0 aliphatic carbocycles. The Bertz CT molecular complexity index is 991. The fourth-order valence-electron chi connectivity index (χ4n) is 2.43. The Labute approximate surface area is 131 Å². The fourth-order valence-corrected chi connectivity index (χ4v) is 2.43. The van der Waals surface area contributed by atoms with Gasteiger partial charge in [-0.2, -0.15) is 0 Å². The molecule has 0 radical (unpaired) electrons. The first-order valence-electron chi connectivity index (χ1n) is 7.05. The summed E-state index contributed by atoms with van der Waals surface area (Å²) in [5.74, 6) is 1.23. The highest BCUT2D eigenvalue weighted by Gasteiger charge is 2.11. The number of fused-ring (bicyclic) bond motifs is 1. The number of hydrogen-bond donors (Lipinski definition) is 2. The number of phenols is 2. The van der Waals surface area contributed by atoms with Crippen LogP contribution in [-0.4, -0.2) is 20.4 Å². The van der Waals surface area contributed by atoms with Crippen LogP contribution in [0, 0.1) is 0 Å². The summed E-state index contributed by atoms with van der Waals surface area (Å²) in [5, 5.41) is 28.9. The van der Waals surface area contributed by atoms with Crippen LogP contribution in [0.1, 0.15) is 0 Å². The van der Waals surface area contributed by atoms with Crippen LogP contribution >= 0.6 is 0 Å². The molecule has 0 aliphatic heterocycles. The highest BCUT2D eigenvalue weighted by Crippen LogP contribution is 2.28. The third-order valence-corrected chi connectivity index (χ3v) is 3.61. The minimum atomic E-state index is 0.186. The van der Waals surface area contributed by atoms with E-state index in [1.807, 2.05) is 24.3 Å². The summed E-state index contributed by atoms with van der Waals surface area (Å²) in [5.41, 5.74) is 1.55. The second-order valence-corrected chi connectivity index (χ2v) is 5.21. The Morgan fingerprint density at radius 1 is 0.609 bits per heavy atom. The molecule has 2 N–H and O–H groups in total. The van der Waals surface area contributed by atoms with Gasteiger partial charge < -0.3 is 14.6 Å². The topological polar surface area (TPSA) is 79.4 Å². The molecule has 4 rings (SSSR count). The fraction of sp³-hybridized carbons (Fsp3) is 0. The third kappa shape index (κ3) is 2.48. The minimum absolute atomic E-state index is 0.186. The van der Waals surface area contributed by atoms with Gasteiger partial charge in [0.25, 0.3) is 0 Å². The average molecular weight is 304 g/mol. The number of hydrogen-bond acceptors (Lipinski definition) is 5. The second kappa shape index (κ2) is 5.14. The Balaban J connectivity index is 1.73. The number of phenolic OH excluding ortho intramolecular Hbond substituents is 2. The number of benzene rings is 3. The van der Waals surface area contributed by atoms with Crippen LogP contribution in [0.25, 0.3) is 33.7 Å². The molecule has 3 aromatic carbocycles. The lowest BCUT2D eigenvalue weighted by molar-refractivity contribution is 0.475. The quantitative estimate of drug-likeness (QED) is 0.586. The van der Waals surface area contributed by atoms with Crippen molar-refractivity contribution in [3.05, 3.63) is 60.7 Å². The van der Waals surface area contributed by atoms with Crippen LogP contribution in [0.2, 0.25) is 0 Å². The number of rotatable bonds is 2. The van der Waals surface area contributed by atoms with Crippen LogP contribution in [0.3, 0.4) is 0 Å². The zero-order valence-corrected chi connectivity index (χ0v) is 12.0. The van der Waals surface area contributed by atoms with E-state index in [0.717, 1.165) is 21.9 Å². The van der Waals surface area contributed by atoms with Gasteiger partial charge in [-0.25, -0.2) is 0 Å². The number of nitrogens with zero attached hydrogens (tertiary/aromatic N) is 2. The van der Waals surface area contributed by atoms with Gasteiger partial charge in [0.15, 0.2) is 0 Å². The predicted molar refractivity (Wildman–Crippen MR) is 86.0 cm³/mol. The summed E-state index contributed by atoms with van der Waals surface area (Å²) in [7, 11) is 0. The van der Waals surface area contributed by atoms with E-state index >= 15 is 0 Å². The molecule has 0 spiro atoms. The van der Waals surface area contributed by atoms with Crippen LogP contribution in [0.15, 0.2) is 65.1 Å². The predicted octanol–water partition coefficient (Wildman–Crippen LogP) is 3.97. The molecule has 23 heavy (non-hydrogen) atoms. The molecular weight excluding hydrogens is 292 g/mol. The van der Waals surface area contributed by atoms with Crippen LogP contribution < -0.4 is 0 Å². The SMILES string of the molecule is Oc1ccc(-c2nnc(-c3ccc4cc(O)ccc4c3)o2)cc1. The van der Waals surface area contributed by atoms with Crippen molar-refractivity contribution in [3.8, 4) is 34.4 Å². The summed E-state index contributed by atoms with van der Waals surface area (Å²) in [4.78, 5) is 0. The lowest BCUT2D eigenvalue weighted by Crippen LogP contribution is -1.79. The zero-order valence-electron chi connectivity index (χ0n) is 12.0. The van der Waals surface area contributed by atoms with E-state index in [0.29, 0.717) is 11.8 Å². The summed E-state index contributed by atoms with van der Waals surface area (Å²) in [6.45, 7) is 0. The van der Waals surface area contributed by atoms with Crippen molar-refractivity contribution in [1.29, 1.82) is 0 Å². The Hall–Kier alpha value is -3.34. The van der Waals surface area contributed by atoms with Gasteiger partial charge in [0.2, 0.25) is 11.8 Å². The van der Waals surface area contributed by atoms with E-state index in [1.165, 1.54) is 0 Å². The maximum absolute atomic E-state index is 9.51. The summed E-state index contributed by atoms with van der Waals surface area (Å²) in [6.07, 6.45) is 0. The van der Waals surface area contributed by atoms with Crippen LogP contribution in [0.5, 0.6) is 11.5 Å². The van der Waals surface area contributed by atoms with Crippen molar-refractivity contribution in [2.24, 2.45) is 0 Å². The van der Waals surface area contributed by atoms with Crippen molar-refractivity contribution in [2.75, 3.05) is 0 Å². The van der Waals surface area contributed by atoms with Gasteiger partial charge in [-0.05, 0) is 59.3 Å². The molecule has 0 saturated heterocycles. The molecule has 0 unspecified atom stereocenters. The Morgan fingerprint density at radius 2 is 1.17 bits per heavy atom. The molecule has 0 fully saturated rings. The number of aromatic nitrogens is 2. The first-order chi connectivity index (χ1) is 11.2. The molecule has 0 atom stereocenters. The minimum Gasteiger partial charge on any atom is -0.508 e.